The molecule has 0 saturated carbocycles. The monoisotopic (exact) mass is 254 g/mol. The summed E-state index contributed by atoms with van der Waals surface area (Å²) in [5.74, 6) is 0. The predicted molar refractivity (Wildman–Crippen MR) is 75.7 cm³/mol. The first-order valence-electron chi connectivity index (χ1n) is 7.49. The van der Waals surface area contributed by atoms with Crippen LogP contribution in [-0.2, 0) is 4.74 Å². The highest BCUT2D eigenvalue weighted by molar-refractivity contribution is 5.06. The molecule has 2 heterocycles. The molecule has 2 N–H and O–H groups in total. The van der Waals surface area contributed by atoms with Crippen LogP contribution in [0.4, 0.5) is 0 Å². The Labute approximate surface area is 112 Å². The molecule has 2 unspecified atom stereocenters. The molecule has 3 heteroatoms. The van der Waals surface area contributed by atoms with Crippen LogP contribution in [0.15, 0.2) is 0 Å². The van der Waals surface area contributed by atoms with Crippen molar-refractivity contribution in [2.75, 3.05) is 19.7 Å². The van der Waals surface area contributed by atoms with E-state index < -0.39 is 0 Å². The van der Waals surface area contributed by atoms with Crippen LogP contribution >= 0.6 is 0 Å². The fourth-order valence-electron chi connectivity index (χ4n) is 4.05. The molecule has 0 spiro atoms. The molecule has 2 atom stereocenters. The van der Waals surface area contributed by atoms with Gasteiger partial charge < -0.3 is 10.5 Å². The highest BCUT2D eigenvalue weighted by Crippen LogP contribution is 2.44. The topological polar surface area (TPSA) is 38.5 Å². The van der Waals surface area contributed by atoms with Gasteiger partial charge in [0.05, 0.1) is 5.60 Å². The van der Waals surface area contributed by atoms with E-state index in [0.29, 0.717) is 5.54 Å². The Bertz CT molecular complexity index is 305. The lowest BCUT2D eigenvalue weighted by molar-refractivity contribution is -0.139. The SMILES string of the molecule is CCC1(C)CC(CN)(N2CCCC2(C)C)CCO1. The van der Waals surface area contributed by atoms with E-state index in [-0.39, 0.29) is 11.1 Å². The van der Waals surface area contributed by atoms with Crippen LogP contribution in [0.1, 0.15) is 59.8 Å². The number of hydrogen-bond acceptors (Lipinski definition) is 3. The van der Waals surface area contributed by atoms with Crippen molar-refractivity contribution in [3.05, 3.63) is 0 Å². The zero-order valence-corrected chi connectivity index (χ0v) is 12.6. The summed E-state index contributed by atoms with van der Waals surface area (Å²) in [4.78, 5) is 2.69. The Morgan fingerprint density at radius 1 is 1.22 bits per heavy atom. The summed E-state index contributed by atoms with van der Waals surface area (Å²) >= 11 is 0. The average molecular weight is 254 g/mol. The highest BCUT2D eigenvalue weighted by Gasteiger charge is 2.50. The van der Waals surface area contributed by atoms with Gasteiger partial charge in [-0.15, -0.1) is 0 Å². The summed E-state index contributed by atoms with van der Waals surface area (Å²) in [5.41, 5.74) is 6.68. The molecule has 0 radical (unpaired) electrons. The van der Waals surface area contributed by atoms with E-state index in [2.05, 4.69) is 32.6 Å². The van der Waals surface area contributed by atoms with Crippen LogP contribution in [0.3, 0.4) is 0 Å². The molecule has 0 aliphatic carbocycles. The molecule has 0 aromatic carbocycles. The second-order valence-electron chi connectivity index (χ2n) is 7.07. The zero-order chi connectivity index (χ0) is 13.4. The number of ether oxygens (including phenoxy) is 1. The predicted octanol–water partition coefficient (Wildman–Crippen LogP) is 2.54. The maximum atomic E-state index is 6.22. The summed E-state index contributed by atoms with van der Waals surface area (Å²) in [6.07, 6.45) is 5.83. The molecule has 2 saturated heterocycles. The molecular formula is C15H30N2O. The van der Waals surface area contributed by atoms with Crippen molar-refractivity contribution in [1.29, 1.82) is 0 Å². The van der Waals surface area contributed by atoms with Gasteiger partial charge in [0, 0.05) is 24.2 Å². The quantitative estimate of drug-likeness (QED) is 0.841. The van der Waals surface area contributed by atoms with E-state index in [9.17, 15) is 0 Å². The van der Waals surface area contributed by atoms with Crippen molar-refractivity contribution in [3.8, 4) is 0 Å². The van der Waals surface area contributed by atoms with Gasteiger partial charge in [-0.2, -0.15) is 0 Å². The van der Waals surface area contributed by atoms with Gasteiger partial charge in [-0.05, 0) is 59.4 Å². The Morgan fingerprint density at radius 2 is 1.94 bits per heavy atom. The largest absolute Gasteiger partial charge is 0.375 e. The lowest BCUT2D eigenvalue weighted by Crippen LogP contribution is -2.64. The molecule has 0 amide bonds. The minimum Gasteiger partial charge on any atom is -0.375 e. The molecule has 2 rings (SSSR count). The van der Waals surface area contributed by atoms with Gasteiger partial charge in [-0.1, -0.05) is 6.92 Å². The first kappa shape index (κ1) is 14.3. The van der Waals surface area contributed by atoms with E-state index in [4.69, 9.17) is 10.5 Å². The van der Waals surface area contributed by atoms with Crippen molar-refractivity contribution in [1.82, 2.24) is 4.90 Å². The molecule has 2 fully saturated rings. The number of hydrogen-bond donors (Lipinski definition) is 1. The third-order valence-corrected chi connectivity index (χ3v) is 5.32. The van der Waals surface area contributed by atoms with Gasteiger partial charge in [0.15, 0.2) is 0 Å². The Balaban J connectivity index is 2.25. The third kappa shape index (κ3) is 2.33. The molecule has 3 nitrogen and oxygen atoms in total. The molecule has 2 aliphatic heterocycles. The van der Waals surface area contributed by atoms with Gasteiger partial charge in [0.1, 0.15) is 0 Å². The fourth-order valence-corrected chi connectivity index (χ4v) is 4.05. The smallest absolute Gasteiger partial charge is 0.0670 e. The first-order chi connectivity index (χ1) is 8.37. The second kappa shape index (κ2) is 4.77. The maximum Gasteiger partial charge on any atom is 0.0670 e. The summed E-state index contributed by atoms with van der Waals surface area (Å²) in [6.45, 7) is 12.0. The van der Waals surface area contributed by atoms with E-state index in [0.717, 1.165) is 32.4 Å². The molecule has 18 heavy (non-hydrogen) atoms. The van der Waals surface area contributed by atoms with E-state index in [1.165, 1.54) is 19.4 Å². The van der Waals surface area contributed by atoms with Gasteiger partial charge in [0.25, 0.3) is 0 Å². The van der Waals surface area contributed by atoms with Crippen LogP contribution in [0, 0.1) is 0 Å². The third-order valence-electron chi connectivity index (χ3n) is 5.32. The maximum absolute atomic E-state index is 6.22. The Morgan fingerprint density at radius 3 is 2.44 bits per heavy atom. The average Bonchev–Trinajstić information content (AvgIpc) is 2.69. The molecule has 0 aromatic rings. The minimum absolute atomic E-state index is 0.0102. The lowest BCUT2D eigenvalue weighted by Gasteiger charge is -2.54. The van der Waals surface area contributed by atoms with Gasteiger partial charge >= 0.3 is 0 Å². The Hall–Kier alpha value is -0.120. The number of likely N-dealkylation sites (tertiary alicyclic amines) is 1. The lowest BCUT2D eigenvalue weighted by atomic mass is 9.76. The number of nitrogens with zero attached hydrogens (tertiary/aromatic N) is 1. The Kier molecular flexibility index (Phi) is 3.79. The standard InChI is InChI=1S/C15H30N2O/c1-5-14(4)11-15(12-16,8-10-18-14)17-9-6-7-13(17,2)3/h5-12,16H2,1-4H3. The van der Waals surface area contributed by atoms with E-state index in [1.54, 1.807) is 0 Å². The zero-order valence-electron chi connectivity index (χ0n) is 12.6. The molecular weight excluding hydrogens is 224 g/mol. The van der Waals surface area contributed by atoms with Crippen LogP contribution in [0.25, 0.3) is 0 Å². The molecule has 106 valence electrons. The summed E-state index contributed by atoms with van der Waals surface area (Å²) in [7, 11) is 0. The van der Waals surface area contributed by atoms with Crippen molar-refractivity contribution >= 4 is 0 Å². The highest BCUT2D eigenvalue weighted by atomic mass is 16.5. The molecule has 0 bridgehead atoms. The van der Waals surface area contributed by atoms with Crippen molar-refractivity contribution in [2.45, 2.75) is 76.5 Å². The van der Waals surface area contributed by atoms with Crippen molar-refractivity contribution < 1.29 is 4.74 Å². The second-order valence-corrected chi connectivity index (χ2v) is 7.07. The normalized spacial score (nSPS) is 41.2. The van der Waals surface area contributed by atoms with Crippen LogP contribution in [-0.4, -0.2) is 41.3 Å². The van der Waals surface area contributed by atoms with Crippen molar-refractivity contribution in [3.63, 3.8) is 0 Å². The van der Waals surface area contributed by atoms with Crippen LogP contribution in [0.2, 0.25) is 0 Å². The van der Waals surface area contributed by atoms with Crippen LogP contribution < -0.4 is 5.73 Å². The van der Waals surface area contributed by atoms with Crippen molar-refractivity contribution in [2.24, 2.45) is 5.73 Å². The van der Waals surface area contributed by atoms with E-state index >= 15 is 0 Å². The van der Waals surface area contributed by atoms with Gasteiger partial charge in [0.2, 0.25) is 0 Å². The van der Waals surface area contributed by atoms with Gasteiger partial charge in [-0.25, -0.2) is 0 Å². The number of rotatable bonds is 3. The summed E-state index contributed by atoms with van der Waals surface area (Å²) < 4.78 is 6.02. The molecule has 0 aromatic heterocycles. The summed E-state index contributed by atoms with van der Waals surface area (Å²) in [5, 5.41) is 0. The fraction of sp³-hybridized carbons (Fsp3) is 1.00. The minimum atomic E-state index is 0.0102. The summed E-state index contributed by atoms with van der Waals surface area (Å²) in [6, 6.07) is 0. The van der Waals surface area contributed by atoms with Crippen LogP contribution in [0.5, 0.6) is 0 Å². The first-order valence-corrected chi connectivity index (χ1v) is 7.49. The van der Waals surface area contributed by atoms with Gasteiger partial charge in [-0.3, -0.25) is 4.90 Å². The van der Waals surface area contributed by atoms with E-state index in [1.807, 2.05) is 0 Å². The number of nitrogens with two attached hydrogens (primary N) is 1. The molecule has 2 aliphatic rings.